The number of nitrogens with two attached hydrogens (primary N) is 1. The molecule has 1 unspecified atom stereocenters. The first kappa shape index (κ1) is 14.4. The smallest absolute Gasteiger partial charge is 0.244 e. The van der Waals surface area contributed by atoms with Crippen LogP contribution in [0.4, 0.5) is 5.82 Å². The van der Waals surface area contributed by atoms with E-state index in [1.54, 1.807) is 4.68 Å². The molecule has 2 aromatic heterocycles. The number of sulfonamides is 1. The van der Waals surface area contributed by atoms with Gasteiger partial charge in [-0.25, -0.2) is 27.8 Å². The molecule has 0 fully saturated rings. The van der Waals surface area contributed by atoms with Gasteiger partial charge in [0.2, 0.25) is 10.0 Å². The van der Waals surface area contributed by atoms with E-state index in [-0.39, 0.29) is 10.7 Å². The Kier molecular flexibility index (Phi) is 3.68. The third kappa shape index (κ3) is 2.78. The maximum Gasteiger partial charge on any atom is 0.244 e. The number of aryl methyl sites for hydroxylation is 1. The molecule has 1 aliphatic heterocycles. The highest BCUT2D eigenvalue weighted by Gasteiger charge is 2.29. The third-order valence-electron chi connectivity index (χ3n) is 3.26. The predicted molar refractivity (Wildman–Crippen MR) is 78.7 cm³/mol. The number of nitrogen functional groups attached to an aromatic ring is 1. The van der Waals surface area contributed by atoms with Crippen molar-refractivity contribution in [2.45, 2.75) is 30.3 Å². The first-order valence-electron chi connectivity index (χ1n) is 6.28. The Hall–Kier alpha value is -1.52. The molecule has 2 aromatic rings. The third-order valence-corrected chi connectivity index (χ3v) is 5.19. The van der Waals surface area contributed by atoms with E-state index in [1.807, 2.05) is 0 Å². The number of nitrogens with one attached hydrogen (secondary N) is 1. The molecule has 112 valence electrons. The van der Waals surface area contributed by atoms with Crippen LogP contribution in [0.15, 0.2) is 28.0 Å². The van der Waals surface area contributed by atoms with E-state index >= 15 is 0 Å². The van der Waals surface area contributed by atoms with Crippen molar-refractivity contribution in [3.05, 3.63) is 28.9 Å². The molecular formula is C11H13BrN6O2S. The van der Waals surface area contributed by atoms with E-state index < -0.39 is 16.1 Å². The van der Waals surface area contributed by atoms with Gasteiger partial charge in [-0.15, -0.1) is 0 Å². The minimum atomic E-state index is -3.78. The van der Waals surface area contributed by atoms with Gasteiger partial charge in [0.1, 0.15) is 22.9 Å². The number of hydrogen-bond donors (Lipinski definition) is 2. The largest absolute Gasteiger partial charge is 0.383 e. The Morgan fingerprint density at radius 1 is 1.43 bits per heavy atom. The molecule has 0 amide bonds. The average molecular weight is 373 g/mol. The van der Waals surface area contributed by atoms with Crippen LogP contribution in [0, 0.1) is 0 Å². The zero-order chi connectivity index (χ0) is 15.0. The topological polar surface area (TPSA) is 116 Å². The lowest BCUT2D eigenvalue weighted by Crippen LogP contribution is -2.33. The van der Waals surface area contributed by atoms with Gasteiger partial charge in [-0.1, -0.05) is 0 Å². The van der Waals surface area contributed by atoms with Crippen LogP contribution in [0.25, 0.3) is 0 Å². The van der Waals surface area contributed by atoms with Crippen molar-refractivity contribution in [1.82, 2.24) is 24.5 Å². The van der Waals surface area contributed by atoms with Gasteiger partial charge in [-0.05, 0) is 34.8 Å². The maximum atomic E-state index is 12.5. The van der Waals surface area contributed by atoms with Gasteiger partial charge in [-0.2, -0.15) is 5.10 Å². The minimum absolute atomic E-state index is 0.0389. The highest BCUT2D eigenvalue weighted by atomic mass is 79.9. The van der Waals surface area contributed by atoms with Crippen LogP contribution in [-0.2, 0) is 16.6 Å². The molecule has 0 aliphatic carbocycles. The van der Waals surface area contributed by atoms with Crippen LogP contribution in [0.1, 0.15) is 24.7 Å². The van der Waals surface area contributed by atoms with Gasteiger partial charge in [0.05, 0.1) is 6.04 Å². The molecule has 0 radical (unpaired) electrons. The van der Waals surface area contributed by atoms with E-state index in [4.69, 9.17) is 5.73 Å². The van der Waals surface area contributed by atoms with Crippen LogP contribution < -0.4 is 10.5 Å². The fourth-order valence-electron chi connectivity index (χ4n) is 2.30. The van der Waals surface area contributed by atoms with E-state index in [0.717, 1.165) is 13.0 Å². The molecule has 0 aromatic carbocycles. The first-order valence-corrected chi connectivity index (χ1v) is 8.56. The van der Waals surface area contributed by atoms with Crippen molar-refractivity contribution >= 4 is 31.8 Å². The summed E-state index contributed by atoms with van der Waals surface area (Å²) in [5, 5.41) is 4.07. The molecular weight excluding hydrogens is 360 g/mol. The molecule has 3 rings (SSSR count). The van der Waals surface area contributed by atoms with Crippen molar-refractivity contribution in [2.24, 2.45) is 0 Å². The van der Waals surface area contributed by atoms with Crippen molar-refractivity contribution in [3.63, 3.8) is 0 Å². The predicted octanol–water partition coefficient (Wildman–Crippen LogP) is 0.831. The van der Waals surface area contributed by atoms with Gasteiger partial charge in [0.25, 0.3) is 0 Å². The van der Waals surface area contributed by atoms with Crippen LogP contribution in [0.3, 0.4) is 0 Å². The lowest BCUT2D eigenvalue weighted by molar-refractivity contribution is 0.400. The van der Waals surface area contributed by atoms with E-state index in [9.17, 15) is 8.42 Å². The number of aromatic nitrogens is 4. The molecule has 1 aliphatic rings. The highest BCUT2D eigenvalue weighted by Crippen LogP contribution is 2.26. The molecule has 10 heteroatoms. The zero-order valence-corrected chi connectivity index (χ0v) is 13.3. The van der Waals surface area contributed by atoms with Crippen molar-refractivity contribution in [1.29, 1.82) is 0 Å². The normalized spacial score (nSPS) is 18.4. The zero-order valence-electron chi connectivity index (χ0n) is 10.9. The maximum absolute atomic E-state index is 12.5. The van der Waals surface area contributed by atoms with Gasteiger partial charge < -0.3 is 5.73 Å². The molecule has 0 spiro atoms. The molecule has 0 saturated carbocycles. The average Bonchev–Trinajstić information content (AvgIpc) is 2.90. The molecule has 21 heavy (non-hydrogen) atoms. The molecule has 1 atom stereocenters. The number of anilines is 1. The Morgan fingerprint density at radius 3 is 3.05 bits per heavy atom. The highest BCUT2D eigenvalue weighted by molar-refractivity contribution is 9.10. The lowest BCUT2D eigenvalue weighted by atomic mass is 10.1. The SMILES string of the molecule is Nc1ncc(Br)cc1S(=O)(=O)NC1CCCn2ncnc21. The quantitative estimate of drug-likeness (QED) is 0.824. The summed E-state index contributed by atoms with van der Waals surface area (Å²) in [4.78, 5) is 7.93. The van der Waals surface area contributed by atoms with E-state index in [2.05, 4.69) is 35.7 Å². The van der Waals surface area contributed by atoms with Gasteiger partial charge in [0, 0.05) is 17.2 Å². The number of hydrogen-bond acceptors (Lipinski definition) is 6. The van der Waals surface area contributed by atoms with Crippen LogP contribution in [-0.4, -0.2) is 28.2 Å². The standard InChI is InChI=1S/C11H13BrN6O2S/c12-7-4-9(10(13)14-5-7)21(19,20)17-8-2-1-3-18-11(8)15-6-16-18/h4-6,8,17H,1-3H2,(H2,13,14). The van der Waals surface area contributed by atoms with E-state index in [1.165, 1.54) is 18.6 Å². The number of nitrogens with zero attached hydrogens (tertiary/aromatic N) is 4. The Bertz CT molecular complexity index is 775. The second kappa shape index (κ2) is 5.35. The van der Waals surface area contributed by atoms with Gasteiger partial charge in [-0.3, -0.25) is 0 Å². The Morgan fingerprint density at radius 2 is 2.24 bits per heavy atom. The fraction of sp³-hybridized carbons (Fsp3) is 0.364. The summed E-state index contributed by atoms with van der Waals surface area (Å²) in [6.45, 7) is 0.744. The number of pyridine rings is 1. The monoisotopic (exact) mass is 372 g/mol. The van der Waals surface area contributed by atoms with Gasteiger partial charge in [0.15, 0.2) is 0 Å². The molecule has 3 N–H and O–H groups in total. The van der Waals surface area contributed by atoms with Crippen LogP contribution in [0.5, 0.6) is 0 Å². The molecule has 3 heterocycles. The fourth-order valence-corrected chi connectivity index (χ4v) is 4.12. The van der Waals surface area contributed by atoms with E-state index in [0.29, 0.717) is 16.7 Å². The summed E-state index contributed by atoms with van der Waals surface area (Å²) in [5.74, 6) is 0.578. The van der Waals surface area contributed by atoms with Crippen LogP contribution in [0.2, 0.25) is 0 Å². The second-order valence-electron chi connectivity index (χ2n) is 4.69. The Labute approximate surface area is 130 Å². The minimum Gasteiger partial charge on any atom is -0.383 e. The summed E-state index contributed by atoms with van der Waals surface area (Å²) < 4.78 is 29.9. The van der Waals surface area contributed by atoms with Crippen LogP contribution >= 0.6 is 15.9 Å². The summed E-state index contributed by atoms with van der Waals surface area (Å²) in [7, 11) is -3.78. The van der Waals surface area contributed by atoms with Crippen molar-refractivity contribution in [3.8, 4) is 0 Å². The molecule has 0 bridgehead atoms. The van der Waals surface area contributed by atoms with Crippen molar-refractivity contribution in [2.75, 3.05) is 5.73 Å². The Balaban J connectivity index is 1.93. The molecule has 0 saturated heterocycles. The summed E-state index contributed by atoms with van der Waals surface area (Å²) in [6.07, 6.45) is 4.37. The summed E-state index contributed by atoms with van der Waals surface area (Å²) >= 11 is 3.20. The first-order chi connectivity index (χ1) is 9.97. The second-order valence-corrected chi connectivity index (χ2v) is 7.29. The number of fused-ring (bicyclic) bond motifs is 1. The summed E-state index contributed by atoms with van der Waals surface area (Å²) in [6, 6.07) is 1.02. The lowest BCUT2D eigenvalue weighted by Gasteiger charge is -2.23. The van der Waals surface area contributed by atoms with Crippen molar-refractivity contribution < 1.29 is 8.42 Å². The number of rotatable bonds is 3. The summed E-state index contributed by atoms with van der Waals surface area (Å²) in [5.41, 5.74) is 5.67. The number of halogens is 1. The molecule has 8 nitrogen and oxygen atoms in total. The van der Waals surface area contributed by atoms with Gasteiger partial charge >= 0.3 is 0 Å².